The summed E-state index contributed by atoms with van der Waals surface area (Å²) in [6.07, 6.45) is 3.91. The molecule has 0 amide bonds. The average molecular weight is 318 g/mol. The monoisotopic (exact) mass is 317 g/mol. The van der Waals surface area contributed by atoms with Crippen molar-refractivity contribution in [3.8, 4) is 0 Å². The van der Waals surface area contributed by atoms with Gasteiger partial charge in [0.25, 0.3) is 0 Å². The lowest BCUT2D eigenvalue weighted by molar-refractivity contribution is 0.594. The Kier molecular flexibility index (Phi) is 7.38. The highest BCUT2D eigenvalue weighted by molar-refractivity contribution is 7.91. The predicted molar refractivity (Wildman–Crippen MR) is 86.6 cm³/mol. The molecule has 0 bridgehead atoms. The molecular formula is C15H24ClNO2S. The largest absolute Gasteiger partial charge is 0.375 e. The van der Waals surface area contributed by atoms with Crippen LogP contribution in [0.4, 0.5) is 5.69 Å². The molecule has 0 spiro atoms. The van der Waals surface area contributed by atoms with Gasteiger partial charge in [-0.15, -0.1) is 11.6 Å². The van der Waals surface area contributed by atoms with Crippen LogP contribution in [0.1, 0.15) is 32.6 Å². The fourth-order valence-corrected chi connectivity index (χ4v) is 3.56. The van der Waals surface area contributed by atoms with E-state index < -0.39 is 9.84 Å². The number of nitrogens with zero attached hydrogens (tertiary/aromatic N) is 1. The van der Waals surface area contributed by atoms with Gasteiger partial charge in [0.1, 0.15) is 0 Å². The maximum absolute atomic E-state index is 11.9. The van der Waals surface area contributed by atoms with E-state index in [2.05, 4.69) is 4.90 Å². The molecule has 0 aliphatic rings. The molecule has 0 atom stereocenters. The molecule has 1 aromatic carbocycles. The van der Waals surface area contributed by atoms with Crippen molar-refractivity contribution in [3.63, 3.8) is 0 Å². The molecular weight excluding hydrogens is 294 g/mol. The van der Waals surface area contributed by atoms with Crippen molar-refractivity contribution in [2.75, 3.05) is 30.1 Å². The van der Waals surface area contributed by atoms with Gasteiger partial charge in [0, 0.05) is 25.2 Å². The van der Waals surface area contributed by atoms with Gasteiger partial charge in [0.2, 0.25) is 0 Å². The van der Waals surface area contributed by atoms with E-state index >= 15 is 0 Å². The summed E-state index contributed by atoms with van der Waals surface area (Å²) >= 11 is 5.65. The van der Waals surface area contributed by atoms with E-state index in [0.717, 1.165) is 31.5 Å². The maximum Gasteiger partial charge on any atom is 0.178 e. The lowest BCUT2D eigenvalue weighted by Crippen LogP contribution is -2.18. The van der Waals surface area contributed by atoms with Gasteiger partial charge in [-0.1, -0.05) is 13.3 Å². The zero-order valence-electron chi connectivity index (χ0n) is 12.3. The van der Waals surface area contributed by atoms with Gasteiger partial charge in [-0.3, -0.25) is 0 Å². The third-order valence-corrected chi connectivity index (χ3v) is 5.44. The molecule has 0 radical (unpaired) electrons. The fourth-order valence-electron chi connectivity index (χ4n) is 2.04. The van der Waals surface area contributed by atoms with Crippen LogP contribution in [-0.2, 0) is 9.84 Å². The minimum absolute atomic E-state index is 0.209. The van der Waals surface area contributed by atoms with Crippen LogP contribution in [0.25, 0.3) is 0 Å². The Morgan fingerprint density at radius 1 is 1.10 bits per heavy atom. The molecule has 0 saturated carbocycles. The molecule has 5 heteroatoms. The normalized spacial score (nSPS) is 11.6. The fraction of sp³-hybridized carbons (Fsp3) is 0.600. The molecule has 0 fully saturated rings. The van der Waals surface area contributed by atoms with E-state index in [9.17, 15) is 8.42 Å². The van der Waals surface area contributed by atoms with Crippen LogP contribution in [0.2, 0.25) is 0 Å². The summed E-state index contributed by atoms with van der Waals surface area (Å²) in [6.45, 7) is 2.83. The van der Waals surface area contributed by atoms with Gasteiger partial charge in [0.15, 0.2) is 9.84 Å². The summed E-state index contributed by atoms with van der Waals surface area (Å²) in [7, 11) is -1.09. The van der Waals surface area contributed by atoms with Gasteiger partial charge >= 0.3 is 0 Å². The topological polar surface area (TPSA) is 37.4 Å². The molecule has 0 heterocycles. The van der Waals surface area contributed by atoms with Crippen LogP contribution in [0.5, 0.6) is 0 Å². The van der Waals surface area contributed by atoms with Crippen molar-refractivity contribution < 1.29 is 8.42 Å². The van der Waals surface area contributed by atoms with Crippen LogP contribution in [-0.4, -0.2) is 33.6 Å². The first kappa shape index (κ1) is 17.3. The van der Waals surface area contributed by atoms with E-state index in [1.54, 1.807) is 12.1 Å². The zero-order valence-corrected chi connectivity index (χ0v) is 13.9. The predicted octanol–water partition coefficient (Wildman–Crippen LogP) is 3.72. The molecule has 0 aliphatic carbocycles. The van der Waals surface area contributed by atoms with Crippen molar-refractivity contribution in [2.24, 2.45) is 0 Å². The second kappa shape index (κ2) is 8.53. The average Bonchev–Trinajstić information content (AvgIpc) is 2.43. The number of unbranched alkanes of at least 4 members (excludes halogenated alkanes) is 2. The number of anilines is 1. The molecule has 1 aromatic rings. The number of hydrogen-bond donors (Lipinski definition) is 0. The number of alkyl halides is 1. The van der Waals surface area contributed by atoms with Crippen molar-refractivity contribution in [3.05, 3.63) is 24.3 Å². The third kappa shape index (κ3) is 5.33. The summed E-state index contributed by atoms with van der Waals surface area (Å²) in [6, 6.07) is 7.17. The molecule has 20 heavy (non-hydrogen) atoms. The van der Waals surface area contributed by atoms with Crippen LogP contribution in [0.15, 0.2) is 29.2 Å². The minimum atomic E-state index is -3.11. The molecule has 0 aromatic heterocycles. The third-order valence-electron chi connectivity index (χ3n) is 3.24. The summed E-state index contributed by atoms with van der Waals surface area (Å²) in [5, 5.41) is 0. The first-order chi connectivity index (χ1) is 9.51. The Morgan fingerprint density at radius 2 is 1.75 bits per heavy atom. The van der Waals surface area contributed by atoms with Gasteiger partial charge in [-0.05, 0) is 43.5 Å². The lowest BCUT2D eigenvalue weighted by Gasteiger charge is -2.19. The molecule has 3 nitrogen and oxygen atoms in total. The number of sulfone groups is 1. The van der Waals surface area contributed by atoms with Gasteiger partial charge in [-0.2, -0.15) is 0 Å². The summed E-state index contributed by atoms with van der Waals surface area (Å²) in [5.74, 6) is 0.925. The highest BCUT2D eigenvalue weighted by Gasteiger charge is 2.13. The summed E-state index contributed by atoms with van der Waals surface area (Å²) < 4.78 is 23.9. The van der Waals surface area contributed by atoms with Gasteiger partial charge < -0.3 is 4.90 Å². The molecule has 0 unspecified atom stereocenters. The van der Waals surface area contributed by atoms with Crippen molar-refractivity contribution in [1.29, 1.82) is 0 Å². The Hall–Kier alpha value is -0.740. The number of hydrogen-bond acceptors (Lipinski definition) is 3. The van der Waals surface area contributed by atoms with E-state index in [-0.39, 0.29) is 5.75 Å². The van der Waals surface area contributed by atoms with E-state index in [4.69, 9.17) is 11.6 Å². The van der Waals surface area contributed by atoms with Crippen molar-refractivity contribution >= 4 is 27.1 Å². The van der Waals surface area contributed by atoms with Crippen LogP contribution >= 0.6 is 11.6 Å². The molecule has 0 saturated heterocycles. The Labute approximate surface area is 127 Å². The number of benzene rings is 1. The first-order valence-corrected chi connectivity index (χ1v) is 9.30. The van der Waals surface area contributed by atoms with Crippen molar-refractivity contribution in [1.82, 2.24) is 0 Å². The van der Waals surface area contributed by atoms with Crippen molar-refractivity contribution in [2.45, 2.75) is 37.5 Å². The zero-order chi connectivity index (χ0) is 15.0. The Morgan fingerprint density at radius 3 is 2.30 bits per heavy atom. The first-order valence-electron chi connectivity index (χ1n) is 7.11. The highest BCUT2D eigenvalue weighted by atomic mass is 35.5. The number of rotatable bonds is 9. The highest BCUT2D eigenvalue weighted by Crippen LogP contribution is 2.19. The standard InChI is InChI=1S/C15H24ClNO2S/c1-3-13-20(18,19)15-9-7-14(8-10-15)17(2)12-6-4-5-11-16/h7-10H,3-6,11-13H2,1-2H3. The molecule has 0 N–H and O–H groups in total. The summed E-state index contributed by atoms with van der Waals surface area (Å²) in [5.41, 5.74) is 1.05. The van der Waals surface area contributed by atoms with Gasteiger partial charge in [-0.25, -0.2) is 8.42 Å². The molecule has 114 valence electrons. The smallest absolute Gasteiger partial charge is 0.178 e. The van der Waals surface area contributed by atoms with Crippen LogP contribution < -0.4 is 4.90 Å². The molecule has 0 aliphatic heterocycles. The van der Waals surface area contributed by atoms with Gasteiger partial charge in [0.05, 0.1) is 10.6 Å². The minimum Gasteiger partial charge on any atom is -0.375 e. The second-order valence-electron chi connectivity index (χ2n) is 4.98. The molecule has 1 rings (SSSR count). The van der Waals surface area contributed by atoms with E-state index in [1.807, 2.05) is 26.1 Å². The van der Waals surface area contributed by atoms with E-state index in [1.165, 1.54) is 0 Å². The van der Waals surface area contributed by atoms with E-state index in [0.29, 0.717) is 17.2 Å². The Bertz CT molecular complexity index is 485. The Balaban J connectivity index is 2.62. The van der Waals surface area contributed by atoms with Crippen LogP contribution in [0, 0.1) is 0 Å². The lowest BCUT2D eigenvalue weighted by atomic mass is 10.2. The van der Waals surface area contributed by atoms with Crippen LogP contribution in [0.3, 0.4) is 0 Å². The summed E-state index contributed by atoms with van der Waals surface area (Å²) in [4.78, 5) is 2.56. The SMILES string of the molecule is CCCS(=O)(=O)c1ccc(N(C)CCCCCCl)cc1. The maximum atomic E-state index is 11.9. The quantitative estimate of drug-likeness (QED) is 0.514. The second-order valence-corrected chi connectivity index (χ2v) is 7.47. The number of halogens is 1.